The van der Waals surface area contributed by atoms with Crippen molar-refractivity contribution >= 4 is 22.8 Å². The lowest BCUT2D eigenvalue weighted by Crippen LogP contribution is -2.47. The van der Waals surface area contributed by atoms with Gasteiger partial charge in [0.1, 0.15) is 6.04 Å². The average Bonchev–Trinajstić information content (AvgIpc) is 2.68. The minimum absolute atomic E-state index is 0.143. The Morgan fingerprint density at radius 1 is 1.07 bits per heavy atom. The number of nitrogens with zero attached hydrogens (tertiary/aromatic N) is 2. The van der Waals surface area contributed by atoms with Crippen LogP contribution in [0, 0.1) is 0 Å². The first-order chi connectivity index (χ1) is 13.1. The molecule has 2 atom stereocenters. The summed E-state index contributed by atoms with van der Waals surface area (Å²) in [5.41, 5.74) is 8.20. The van der Waals surface area contributed by atoms with Gasteiger partial charge < -0.3 is 15.8 Å². The van der Waals surface area contributed by atoms with E-state index in [1.165, 1.54) is 7.11 Å². The third kappa shape index (κ3) is 4.45. The number of primary amides is 1. The highest BCUT2D eigenvalue weighted by Gasteiger charge is 2.26. The van der Waals surface area contributed by atoms with Crippen LogP contribution in [0.4, 0.5) is 0 Å². The normalized spacial score (nSPS) is 13.1. The van der Waals surface area contributed by atoms with Crippen molar-refractivity contribution in [2.45, 2.75) is 18.6 Å². The minimum atomic E-state index is -0.922. The van der Waals surface area contributed by atoms with Crippen molar-refractivity contribution in [1.82, 2.24) is 15.3 Å². The number of nitrogens with two attached hydrogens (primary N) is 1. The van der Waals surface area contributed by atoms with E-state index in [-0.39, 0.29) is 6.42 Å². The summed E-state index contributed by atoms with van der Waals surface area (Å²) in [7, 11) is 1.44. The maximum atomic E-state index is 12.6. The molecule has 0 spiro atoms. The molecule has 0 saturated heterocycles. The predicted octanol–water partition coefficient (Wildman–Crippen LogP) is 1.53. The van der Waals surface area contributed by atoms with Gasteiger partial charge in [0, 0.05) is 19.7 Å². The Morgan fingerprint density at radius 2 is 1.74 bits per heavy atom. The number of hydrogen-bond acceptors (Lipinski definition) is 5. The third-order valence-corrected chi connectivity index (χ3v) is 4.15. The quantitative estimate of drug-likeness (QED) is 0.661. The van der Waals surface area contributed by atoms with Crippen molar-refractivity contribution in [3.63, 3.8) is 0 Å². The second-order valence-corrected chi connectivity index (χ2v) is 6.04. The largest absolute Gasteiger partial charge is 0.368 e. The highest BCUT2D eigenvalue weighted by atomic mass is 16.5. The Balaban J connectivity index is 1.76. The Labute approximate surface area is 156 Å². The predicted molar refractivity (Wildman–Crippen MR) is 101 cm³/mol. The molecule has 2 aromatic carbocycles. The van der Waals surface area contributed by atoms with E-state index in [0.29, 0.717) is 16.8 Å². The lowest BCUT2D eigenvalue weighted by Gasteiger charge is -2.20. The highest BCUT2D eigenvalue weighted by molar-refractivity contribution is 5.89. The van der Waals surface area contributed by atoms with Crippen LogP contribution in [0.2, 0.25) is 0 Å². The lowest BCUT2D eigenvalue weighted by molar-refractivity contribution is -0.134. The van der Waals surface area contributed by atoms with E-state index in [1.807, 2.05) is 42.5 Å². The number of benzene rings is 2. The zero-order chi connectivity index (χ0) is 19.2. The van der Waals surface area contributed by atoms with Gasteiger partial charge in [-0.25, -0.2) is 4.98 Å². The van der Waals surface area contributed by atoms with Crippen molar-refractivity contribution < 1.29 is 14.3 Å². The Kier molecular flexibility index (Phi) is 5.73. The van der Waals surface area contributed by atoms with Gasteiger partial charge >= 0.3 is 0 Å². The van der Waals surface area contributed by atoms with Crippen molar-refractivity contribution in [3.05, 3.63) is 72.1 Å². The number of nitrogens with one attached hydrogen (secondary N) is 1. The van der Waals surface area contributed by atoms with E-state index in [1.54, 1.807) is 18.3 Å². The summed E-state index contributed by atoms with van der Waals surface area (Å²) in [6.45, 7) is 0. The first-order valence-electron chi connectivity index (χ1n) is 8.46. The number of amides is 2. The average molecular weight is 364 g/mol. The molecule has 1 aromatic heterocycles. The van der Waals surface area contributed by atoms with Crippen LogP contribution < -0.4 is 11.1 Å². The molecule has 0 fully saturated rings. The topological polar surface area (TPSA) is 107 Å². The molecule has 1 heterocycles. The molecule has 0 unspecified atom stereocenters. The number of fused-ring (bicyclic) bond motifs is 1. The van der Waals surface area contributed by atoms with E-state index in [4.69, 9.17) is 10.5 Å². The summed E-state index contributed by atoms with van der Waals surface area (Å²) >= 11 is 0. The molecule has 0 aliphatic rings. The molecule has 0 bridgehead atoms. The minimum Gasteiger partial charge on any atom is -0.368 e. The summed E-state index contributed by atoms with van der Waals surface area (Å²) in [5.74, 6) is -1.09. The lowest BCUT2D eigenvalue weighted by atomic mass is 10.1. The first-order valence-corrected chi connectivity index (χ1v) is 8.46. The molecule has 7 heteroatoms. The number of rotatable bonds is 7. The van der Waals surface area contributed by atoms with Crippen LogP contribution in [0.3, 0.4) is 0 Å². The van der Waals surface area contributed by atoms with Crippen molar-refractivity contribution in [3.8, 4) is 0 Å². The van der Waals surface area contributed by atoms with E-state index >= 15 is 0 Å². The Bertz CT molecular complexity index is 946. The van der Waals surface area contributed by atoms with Crippen LogP contribution in [0.5, 0.6) is 0 Å². The molecular weight excluding hydrogens is 344 g/mol. The monoisotopic (exact) mass is 364 g/mol. The van der Waals surface area contributed by atoms with Gasteiger partial charge in [0.2, 0.25) is 5.91 Å². The van der Waals surface area contributed by atoms with Gasteiger partial charge in [-0.3, -0.25) is 14.6 Å². The molecule has 0 radical (unpaired) electrons. The molecule has 0 aliphatic heterocycles. The molecule has 3 aromatic rings. The van der Waals surface area contributed by atoms with Gasteiger partial charge in [-0.2, -0.15) is 0 Å². The second kappa shape index (κ2) is 8.37. The maximum Gasteiger partial charge on any atom is 0.254 e. The fourth-order valence-electron chi connectivity index (χ4n) is 2.80. The van der Waals surface area contributed by atoms with Crippen molar-refractivity contribution in [2.75, 3.05) is 7.11 Å². The smallest absolute Gasteiger partial charge is 0.254 e. The summed E-state index contributed by atoms with van der Waals surface area (Å²) < 4.78 is 5.29. The standard InChI is InChI=1S/C20H20N4O3/c1-27-18(13-7-3-2-4-8-13)20(26)24-17(19(21)25)11-14-12-22-15-9-5-6-10-16(15)23-14/h2-10,12,17-18H,11H2,1H3,(H2,21,25)(H,24,26)/t17-,18+/m1/s1. The molecule has 27 heavy (non-hydrogen) atoms. The van der Waals surface area contributed by atoms with Crippen LogP contribution in [-0.4, -0.2) is 34.9 Å². The van der Waals surface area contributed by atoms with Gasteiger partial charge in [0.25, 0.3) is 5.91 Å². The summed E-state index contributed by atoms with van der Waals surface area (Å²) in [4.78, 5) is 33.3. The maximum absolute atomic E-state index is 12.6. The van der Waals surface area contributed by atoms with E-state index in [0.717, 1.165) is 5.52 Å². The van der Waals surface area contributed by atoms with Gasteiger partial charge in [-0.15, -0.1) is 0 Å². The fourth-order valence-corrected chi connectivity index (χ4v) is 2.80. The Hall–Kier alpha value is -3.32. The number of hydrogen-bond donors (Lipinski definition) is 2. The van der Waals surface area contributed by atoms with Crippen LogP contribution in [0.1, 0.15) is 17.4 Å². The SMILES string of the molecule is CO[C@H](C(=O)N[C@H](Cc1cnc2ccccc2n1)C(N)=O)c1ccccc1. The zero-order valence-corrected chi connectivity index (χ0v) is 14.8. The van der Waals surface area contributed by atoms with E-state index in [9.17, 15) is 9.59 Å². The molecule has 3 N–H and O–H groups in total. The number of aromatic nitrogens is 2. The van der Waals surface area contributed by atoms with Gasteiger partial charge in [-0.1, -0.05) is 42.5 Å². The van der Waals surface area contributed by atoms with Crippen LogP contribution in [-0.2, 0) is 20.7 Å². The molecule has 3 rings (SSSR count). The third-order valence-electron chi connectivity index (χ3n) is 4.15. The number of carbonyl (C=O) groups excluding carboxylic acids is 2. The van der Waals surface area contributed by atoms with Crippen LogP contribution in [0.25, 0.3) is 11.0 Å². The fraction of sp³-hybridized carbons (Fsp3) is 0.200. The van der Waals surface area contributed by atoms with Crippen molar-refractivity contribution in [1.29, 1.82) is 0 Å². The first kappa shape index (κ1) is 18.5. The molecule has 7 nitrogen and oxygen atoms in total. The molecular formula is C20H20N4O3. The highest BCUT2D eigenvalue weighted by Crippen LogP contribution is 2.17. The number of methoxy groups -OCH3 is 1. The van der Waals surface area contributed by atoms with Gasteiger partial charge in [0.15, 0.2) is 6.10 Å². The summed E-state index contributed by atoms with van der Waals surface area (Å²) in [6.07, 6.45) is 0.885. The molecule has 0 aliphatic carbocycles. The van der Waals surface area contributed by atoms with Crippen LogP contribution in [0.15, 0.2) is 60.8 Å². The van der Waals surface area contributed by atoms with Gasteiger partial charge in [-0.05, 0) is 17.7 Å². The summed E-state index contributed by atoms with van der Waals surface area (Å²) in [5, 5.41) is 2.66. The molecule has 2 amide bonds. The number of carbonyl (C=O) groups is 2. The number of para-hydroxylation sites is 2. The number of ether oxygens (including phenoxy) is 1. The van der Waals surface area contributed by atoms with Crippen LogP contribution >= 0.6 is 0 Å². The van der Waals surface area contributed by atoms with Crippen molar-refractivity contribution in [2.24, 2.45) is 5.73 Å². The second-order valence-electron chi connectivity index (χ2n) is 6.04. The zero-order valence-electron chi connectivity index (χ0n) is 14.8. The van der Waals surface area contributed by atoms with E-state index in [2.05, 4.69) is 15.3 Å². The molecule has 0 saturated carbocycles. The molecule has 138 valence electrons. The van der Waals surface area contributed by atoms with E-state index < -0.39 is 24.0 Å². The summed E-state index contributed by atoms with van der Waals surface area (Å²) in [6, 6.07) is 15.5. The Morgan fingerprint density at radius 3 is 2.41 bits per heavy atom. The van der Waals surface area contributed by atoms with Gasteiger partial charge in [0.05, 0.1) is 16.7 Å².